The molecule has 7 heteroatoms. The fourth-order valence-electron chi connectivity index (χ4n) is 1.71. The Kier molecular flexibility index (Phi) is 5.40. The summed E-state index contributed by atoms with van der Waals surface area (Å²) in [6.45, 7) is -0.417. The van der Waals surface area contributed by atoms with Crippen LogP contribution >= 0.6 is 0 Å². The lowest BCUT2D eigenvalue weighted by atomic mass is 10.2. The highest BCUT2D eigenvalue weighted by atomic mass is 16.5. The minimum atomic E-state index is -0.608. The molecule has 0 bridgehead atoms. The maximum absolute atomic E-state index is 11.7. The molecule has 1 amide bonds. The van der Waals surface area contributed by atoms with Gasteiger partial charge in [-0.25, -0.2) is 9.59 Å². The van der Waals surface area contributed by atoms with Crippen LogP contribution in [0.3, 0.4) is 0 Å². The number of hydrogen-bond donors (Lipinski definition) is 1. The van der Waals surface area contributed by atoms with Crippen molar-refractivity contribution in [1.82, 2.24) is 4.98 Å². The average molecular weight is 314 g/mol. The van der Waals surface area contributed by atoms with Gasteiger partial charge in [-0.2, -0.15) is 0 Å². The van der Waals surface area contributed by atoms with E-state index in [4.69, 9.17) is 4.74 Å². The lowest BCUT2D eigenvalue weighted by Crippen LogP contribution is -2.21. The number of benzene rings is 1. The zero-order valence-electron chi connectivity index (χ0n) is 12.3. The second-order valence-electron chi connectivity index (χ2n) is 4.43. The second kappa shape index (κ2) is 7.69. The van der Waals surface area contributed by atoms with Crippen LogP contribution in [0, 0.1) is 0 Å². The van der Waals surface area contributed by atoms with Gasteiger partial charge < -0.3 is 14.8 Å². The Hall–Kier alpha value is -3.22. The second-order valence-corrected chi connectivity index (χ2v) is 4.43. The van der Waals surface area contributed by atoms with Gasteiger partial charge in [0.2, 0.25) is 0 Å². The summed E-state index contributed by atoms with van der Waals surface area (Å²) in [5.41, 5.74) is 1.16. The zero-order chi connectivity index (χ0) is 16.7. The lowest BCUT2D eigenvalue weighted by Gasteiger charge is -2.07. The molecule has 1 aromatic carbocycles. The van der Waals surface area contributed by atoms with Crippen LogP contribution in [0.1, 0.15) is 20.7 Å². The fraction of sp³-hybridized carbons (Fsp3) is 0.125. The van der Waals surface area contributed by atoms with Crippen molar-refractivity contribution in [3.05, 3.63) is 59.9 Å². The number of rotatable bonds is 5. The largest absolute Gasteiger partial charge is 0.465 e. The van der Waals surface area contributed by atoms with E-state index in [0.29, 0.717) is 16.8 Å². The molecule has 2 rings (SSSR count). The van der Waals surface area contributed by atoms with E-state index in [1.54, 1.807) is 12.1 Å². The molecule has 1 N–H and O–H groups in total. The Morgan fingerprint density at radius 3 is 2.17 bits per heavy atom. The molecular formula is C16H14N2O5. The first-order valence-corrected chi connectivity index (χ1v) is 6.65. The normalized spacial score (nSPS) is 9.78. The summed E-state index contributed by atoms with van der Waals surface area (Å²) >= 11 is 0. The Morgan fingerprint density at radius 1 is 0.957 bits per heavy atom. The predicted molar refractivity (Wildman–Crippen MR) is 80.9 cm³/mol. The summed E-state index contributed by atoms with van der Waals surface area (Å²) in [6, 6.07) is 9.12. The van der Waals surface area contributed by atoms with E-state index in [2.05, 4.69) is 15.0 Å². The monoisotopic (exact) mass is 314 g/mol. The Morgan fingerprint density at radius 2 is 1.57 bits per heavy atom. The predicted octanol–water partition coefficient (Wildman–Crippen LogP) is 1.66. The van der Waals surface area contributed by atoms with Crippen molar-refractivity contribution >= 4 is 23.5 Å². The highest BCUT2D eigenvalue weighted by Crippen LogP contribution is 2.10. The molecule has 23 heavy (non-hydrogen) atoms. The van der Waals surface area contributed by atoms with Gasteiger partial charge >= 0.3 is 11.9 Å². The van der Waals surface area contributed by atoms with Crippen molar-refractivity contribution in [1.29, 1.82) is 0 Å². The molecule has 2 aromatic rings. The molecule has 0 radical (unpaired) electrons. The van der Waals surface area contributed by atoms with Crippen molar-refractivity contribution in [2.24, 2.45) is 0 Å². The zero-order valence-corrected chi connectivity index (χ0v) is 12.3. The Labute approximate surface area is 132 Å². The highest BCUT2D eigenvalue weighted by Gasteiger charge is 2.10. The number of methoxy groups -OCH3 is 1. The van der Waals surface area contributed by atoms with Crippen LogP contribution in [-0.4, -0.2) is 36.5 Å². The van der Waals surface area contributed by atoms with Crippen LogP contribution in [0.2, 0.25) is 0 Å². The van der Waals surface area contributed by atoms with Crippen LogP contribution in [0.5, 0.6) is 0 Å². The number of hydrogen-bond acceptors (Lipinski definition) is 6. The van der Waals surface area contributed by atoms with E-state index in [0.717, 1.165) is 0 Å². The van der Waals surface area contributed by atoms with Crippen molar-refractivity contribution in [3.8, 4) is 0 Å². The Balaban J connectivity index is 1.85. The SMILES string of the molecule is COC(=O)c1ccc(NC(=O)COC(=O)c2ccncc2)cc1. The third kappa shape index (κ3) is 4.63. The van der Waals surface area contributed by atoms with Gasteiger partial charge in [-0.3, -0.25) is 9.78 Å². The molecule has 0 aliphatic rings. The maximum atomic E-state index is 11.7. The summed E-state index contributed by atoms with van der Waals surface area (Å²) in [5, 5.41) is 2.55. The maximum Gasteiger partial charge on any atom is 0.338 e. The molecule has 0 aliphatic heterocycles. The number of carbonyl (C=O) groups is 3. The van der Waals surface area contributed by atoms with Crippen molar-refractivity contribution in [2.45, 2.75) is 0 Å². The van der Waals surface area contributed by atoms with Gasteiger partial charge in [-0.1, -0.05) is 0 Å². The Bertz CT molecular complexity index is 698. The lowest BCUT2D eigenvalue weighted by molar-refractivity contribution is -0.119. The average Bonchev–Trinajstić information content (AvgIpc) is 2.60. The van der Waals surface area contributed by atoms with E-state index < -0.39 is 24.5 Å². The molecule has 0 spiro atoms. The van der Waals surface area contributed by atoms with Crippen LogP contribution in [0.25, 0.3) is 0 Å². The molecule has 7 nitrogen and oxygen atoms in total. The summed E-state index contributed by atoms with van der Waals surface area (Å²) in [4.78, 5) is 38.5. The van der Waals surface area contributed by atoms with Gasteiger partial charge in [0.25, 0.3) is 5.91 Å². The smallest absolute Gasteiger partial charge is 0.338 e. The molecule has 118 valence electrons. The first-order chi connectivity index (χ1) is 11.1. The van der Waals surface area contributed by atoms with Gasteiger partial charge in [0.1, 0.15) is 0 Å². The van der Waals surface area contributed by atoms with Crippen LogP contribution in [0.15, 0.2) is 48.8 Å². The molecule has 1 heterocycles. The van der Waals surface area contributed by atoms with Crippen molar-refractivity contribution < 1.29 is 23.9 Å². The molecule has 0 atom stereocenters. The number of amides is 1. The molecule has 0 aliphatic carbocycles. The molecule has 0 saturated carbocycles. The summed E-state index contributed by atoms with van der Waals surface area (Å²) in [5.74, 6) is -1.56. The third-order valence-corrected chi connectivity index (χ3v) is 2.84. The number of pyridine rings is 1. The summed E-state index contributed by atoms with van der Waals surface area (Å²) in [7, 11) is 1.29. The number of carbonyl (C=O) groups excluding carboxylic acids is 3. The van der Waals surface area contributed by atoms with Crippen molar-refractivity contribution in [2.75, 3.05) is 19.0 Å². The van der Waals surface area contributed by atoms with Gasteiger partial charge in [0.05, 0.1) is 18.2 Å². The standard InChI is InChI=1S/C16H14N2O5/c1-22-15(20)11-2-4-13(5-3-11)18-14(19)10-23-16(21)12-6-8-17-9-7-12/h2-9H,10H2,1H3,(H,18,19). The molecule has 0 unspecified atom stereocenters. The first kappa shape index (κ1) is 16.2. The number of esters is 2. The van der Waals surface area contributed by atoms with E-state index in [-0.39, 0.29) is 0 Å². The number of ether oxygens (including phenoxy) is 2. The van der Waals surface area contributed by atoms with E-state index in [1.807, 2.05) is 0 Å². The molecule has 1 aromatic heterocycles. The number of nitrogens with zero attached hydrogens (tertiary/aromatic N) is 1. The number of anilines is 1. The molecular weight excluding hydrogens is 300 g/mol. The van der Waals surface area contributed by atoms with Gasteiger partial charge in [-0.15, -0.1) is 0 Å². The summed E-state index contributed by atoms with van der Waals surface area (Å²) in [6.07, 6.45) is 2.92. The van der Waals surface area contributed by atoms with Crippen LogP contribution in [0.4, 0.5) is 5.69 Å². The van der Waals surface area contributed by atoms with Gasteiger partial charge in [0.15, 0.2) is 6.61 Å². The van der Waals surface area contributed by atoms with Crippen LogP contribution in [-0.2, 0) is 14.3 Å². The van der Waals surface area contributed by atoms with E-state index in [9.17, 15) is 14.4 Å². The summed E-state index contributed by atoms with van der Waals surface area (Å²) < 4.78 is 9.46. The molecule has 0 fully saturated rings. The van der Waals surface area contributed by atoms with E-state index >= 15 is 0 Å². The molecule has 0 saturated heterocycles. The minimum Gasteiger partial charge on any atom is -0.465 e. The number of aromatic nitrogens is 1. The van der Waals surface area contributed by atoms with Gasteiger partial charge in [-0.05, 0) is 36.4 Å². The highest BCUT2D eigenvalue weighted by molar-refractivity contribution is 5.96. The minimum absolute atomic E-state index is 0.315. The quantitative estimate of drug-likeness (QED) is 0.844. The first-order valence-electron chi connectivity index (χ1n) is 6.65. The van der Waals surface area contributed by atoms with Crippen LogP contribution < -0.4 is 5.32 Å². The third-order valence-electron chi connectivity index (χ3n) is 2.84. The van der Waals surface area contributed by atoms with Gasteiger partial charge in [0, 0.05) is 18.1 Å². The van der Waals surface area contributed by atoms with E-state index in [1.165, 1.54) is 43.8 Å². The topological polar surface area (TPSA) is 94.6 Å². The number of nitrogens with one attached hydrogen (secondary N) is 1. The van der Waals surface area contributed by atoms with Crippen molar-refractivity contribution in [3.63, 3.8) is 0 Å². The fourth-order valence-corrected chi connectivity index (χ4v) is 1.71.